The maximum Gasteiger partial charge on any atom is 0.314 e. The van der Waals surface area contributed by atoms with Crippen molar-refractivity contribution in [2.45, 2.75) is 32.6 Å². The first-order valence-electron chi connectivity index (χ1n) is 5.91. The molecule has 0 bridgehead atoms. The van der Waals surface area contributed by atoms with Gasteiger partial charge in [-0.1, -0.05) is 25.5 Å². The molecule has 1 aromatic heterocycles. The van der Waals surface area contributed by atoms with Crippen LogP contribution < -0.4 is 0 Å². The number of hydrogen-bond donors (Lipinski definition) is 0. The number of rotatable bonds is 5. The molecule has 0 radical (unpaired) electrons. The van der Waals surface area contributed by atoms with Crippen LogP contribution in [0.3, 0.4) is 0 Å². The monoisotopic (exact) mass is 252 g/mol. The van der Waals surface area contributed by atoms with Crippen LogP contribution in [0.2, 0.25) is 0 Å². The van der Waals surface area contributed by atoms with E-state index in [-0.39, 0.29) is 5.89 Å². The summed E-state index contributed by atoms with van der Waals surface area (Å²) in [6.07, 6.45) is 0.566. The molecule has 0 aliphatic heterocycles. The van der Waals surface area contributed by atoms with Crippen LogP contribution in [0.5, 0.6) is 0 Å². The first kappa shape index (κ1) is 12.7. The molecule has 0 aliphatic carbocycles. The molecule has 96 valence electrons. The molecule has 0 amide bonds. The molecule has 5 heteroatoms. The van der Waals surface area contributed by atoms with E-state index in [1.165, 1.54) is 5.56 Å². The molecule has 0 atom stereocenters. The maximum atomic E-state index is 12.3. The Bertz CT molecular complexity index is 494. The lowest BCUT2D eigenvalue weighted by Crippen LogP contribution is -1.85. The minimum Gasteiger partial charge on any atom is -0.415 e. The van der Waals surface area contributed by atoms with Crippen molar-refractivity contribution in [2.24, 2.45) is 0 Å². The fraction of sp³-hybridized carbons (Fsp3) is 0.385. The molecule has 0 saturated heterocycles. The highest BCUT2D eigenvalue weighted by molar-refractivity contribution is 5.52. The number of nitrogens with zero attached hydrogens (tertiary/aromatic N) is 2. The standard InChI is InChI=1S/C13H14F2N2O/c1-2-3-4-9-5-7-10(8-6-9)12-16-17-13(18-12)11(14)15/h5-8,11H,2-4H2,1H3. The first-order chi connectivity index (χ1) is 8.70. The molecular formula is C13H14F2N2O. The quantitative estimate of drug-likeness (QED) is 0.806. The zero-order valence-corrected chi connectivity index (χ0v) is 10.1. The highest BCUT2D eigenvalue weighted by Gasteiger charge is 2.16. The van der Waals surface area contributed by atoms with Crippen molar-refractivity contribution < 1.29 is 13.2 Å². The number of alkyl halides is 2. The van der Waals surface area contributed by atoms with E-state index in [1.807, 2.05) is 24.3 Å². The van der Waals surface area contributed by atoms with Crippen LogP contribution in [0.4, 0.5) is 8.78 Å². The van der Waals surface area contributed by atoms with Crippen molar-refractivity contribution in [3.05, 3.63) is 35.7 Å². The summed E-state index contributed by atoms with van der Waals surface area (Å²) in [6.45, 7) is 2.14. The summed E-state index contributed by atoms with van der Waals surface area (Å²) in [4.78, 5) is 0. The molecule has 0 saturated carbocycles. The fourth-order valence-electron chi connectivity index (χ4n) is 1.63. The highest BCUT2D eigenvalue weighted by atomic mass is 19.3. The van der Waals surface area contributed by atoms with Gasteiger partial charge in [0.05, 0.1) is 0 Å². The lowest BCUT2D eigenvalue weighted by Gasteiger charge is -2.00. The molecule has 1 aromatic carbocycles. The summed E-state index contributed by atoms with van der Waals surface area (Å²) < 4.78 is 29.5. The van der Waals surface area contributed by atoms with Crippen molar-refractivity contribution in [1.82, 2.24) is 10.2 Å². The largest absolute Gasteiger partial charge is 0.415 e. The summed E-state index contributed by atoms with van der Waals surface area (Å²) in [6, 6.07) is 7.54. The molecule has 2 rings (SSSR count). The smallest absolute Gasteiger partial charge is 0.314 e. The van der Waals surface area contributed by atoms with Crippen LogP contribution in [0.25, 0.3) is 11.5 Å². The average Bonchev–Trinajstić information content (AvgIpc) is 2.87. The summed E-state index contributed by atoms with van der Waals surface area (Å²) in [7, 11) is 0. The minimum atomic E-state index is -2.73. The topological polar surface area (TPSA) is 38.9 Å². The summed E-state index contributed by atoms with van der Waals surface area (Å²) in [5, 5.41) is 6.90. The second-order valence-corrected chi connectivity index (χ2v) is 4.05. The van der Waals surface area contributed by atoms with Gasteiger partial charge >= 0.3 is 6.43 Å². The molecule has 0 unspecified atom stereocenters. The normalized spacial score (nSPS) is 11.1. The van der Waals surface area contributed by atoms with E-state index in [1.54, 1.807) is 0 Å². The zero-order valence-electron chi connectivity index (χ0n) is 10.1. The van der Waals surface area contributed by atoms with Crippen molar-refractivity contribution >= 4 is 0 Å². The van der Waals surface area contributed by atoms with E-state index in [2.05, 4.69) is 17.1 Å². The van der Waals surface area contributed by atoms with E-state index >= 15 is 0 Å². The predicted molar refractivity (Wildman–Crippen MR) is 63.3 cm³/mol. The van der Waals surface area contributed by atoms with Gasteiger partial charge in [0, 0.05) is 5.56 Å². The molecule has 0 spiro atoms. The van der Waals surface area contributed by atoms with Crippen LogP contribution in [0.1, 0.15) is 37.6 Å². The minimum absolute atomic E-state index is 0.132. The number of hydrogen-bond acceptors (Lipinski definition) is 3. The highest BCUT2D eigenvalue weighted by Crippen LogP contribution is 2.23. The van der Waals surface area contributed by atoms with Gasteiger partial charge in [-0.05, 0) is 30.5 Å². The third kappa shape index (κ3) is 2.91. The van der Waals surface area contributed by atoms with Gasteiger partial charge in [0.25, 0.3) is 5.89 Å². The van der Waals surface area contributed by atoms with E-state index in [0.717, 1.165) is 19.3 Å². The Labute approximate surface area is 104 Å². The molecule has 2 aromatic rings. The van der Waals surface area contributed by atoms with Crippen LogP contribution in [0, 0.1) is 0 Å². The predicted octanol–water partition coefficient (Wildman–Crippen LogP) is 4.02. The van der Waals surface area contributed by atoms with E-state index in [9.17, 15) is 8.78 Å². The molecule has 0 aliphatic rings. The zero-order chi connectivity index (χ0) is 13.0. The lowest BCUT2D eigenvalue weighted by molar-refractivity contribution is 0.116. The average molecular weight is 252 g/mol. The number of benzene rings is 1. The summed E-state index contributed by atoms with van der Waals surface area (Å²) in [5.41, 5.74) is 1.88. The van der Waals surface area contributed by atoms with Gasteiger partial charge in [-0.15, -0.1) is 10.2 Å². The van der Waals surface area contributed by atoms with Gasteiger partial charge in [-0.25, -0.2) is 0 Å². The Kier molecular flexibility index (Phi) is 4.02. The van der Waals surface area contributed by atoms with Gasteiger partial charge in [0.2, 0.25) is 5.89 Å². The lowest BCUT2D eigenvalue weighted by atomic mass is 10.1. The third-order valence-corrected chi connectivity index (χ3v) is 2.65. The van der Waals surface area contributed by atoms with Crippen molar-refractivity contribution in [3.8, 4) is 11.5 Å². The van der Waals surface area contributed by atoms with Crippen molar-refractivity contribution in [2.75, 3.05) is 0 Å². The molecule has 18 heavy (non-hydrogen) atoms. The van der Waals surface area contributed by atoms with E-state index in [0.29, 0.717) is 5.56 Å². The summed E-state index contributed by atoms with van der Waals surface area (Å²) in [5.74, 6) is -0.507. The van der Waals surface area contributed by atoms with Crippen LogP contribution in [-0.4, -0.2) is 10.2 Å². The van der Waals surface area contributed by atoms with Crippen LogP contribution in [0.15, 0.2) is 28.7 Å². The third-order valence-electron chi connectivity index (χ3n) is 2.65. The number of halogens is 2. The number of aryl methyl sites for hydroxylation is 1. The fourth-order valence-corrected chi connectivity index (χ4v) is 1.63. The van der Waals surface area contributed by atoms with E-state index < -0.39 is 12.3 Å². The molecule has 3 nitrogen and oxygen atoms in total. The van der Waals surface area contributed by atoms with Gasteiger partial charge < -0.3 is 4.42 Å². The Hall–Kier alpha value is -1.78. The van der Waals surface area contributed by atoms with Gasteiger partial charge in [0.15, 0.2) is 0 Å². The van der Waals surface area contributed by atoms with Crippen LogP contribution in [-0.2, 0) is 6.42 Å². The van der Waals surface area contributed by atoms with Crippen LogP contribution >= 0.6 is 0 Å². The molecule has 0 N–H and O–H groups in total. The SMILES string of the molecule is CCCCc1ccc(-c2nnc(C(F)F)o2)cc1. The molecule has 1 heterocycles. The second-order valence-electron chi connectivity index (χ2n) is 4.05. The number of aromatic nitrogens is 2. The first-order valence-corrected chi connectivity index (χ1v) is 5.91. The Morgan fingerprint density at radius 2 is 1.89 bits per heavy atom. The van der Waals surface area contributed by atoms with Crippen molar-refractivity contribution in [3.63, 3.8) is 0 Å². The Morgan fingerprint density at radius 1 is 1.17 bits per heavy atom. The van der Waals surface area contributed by atoms with Crippen molar-refractivity contribution in [1.29, 1.82) is 0 Å². The van der Waals surface area contributed by atoms with Gasteiger partial charge in [-0.2, -0.15) is 8.78 Å². The Balaban J connectivity index is 2.12. The van der Waals surface area contributed by atoms with Gasteiger partial charge in [0.1, 0.15) is 0 Å². The molecule has 0 fully saturated rings. The maximum absolute atomic E-state index is 12.3. The Morgan fingerprint density at radius 3 is 2.44 bits per heavy atom. The molecular weight excluding hydrogens is 238 g/mol. The van der Waals surface area contributed by atoms with E-state index in [4.69, 9.17) is 4.42 Å². The second kappa shape index (κ2) is 5.71. The summed E-state index contributed by atoms with van der Waals surface area (Å²) >= 11 is 0. The number of unbranched alkanes of at least 4 members (excludes halogenated alkanes) is 1. The van der Waals surface area contributed by atoms with Gasteiger partial charge in [-0.3, -0.25) is 0 Å².